The Morgan fingerprint density at radius 1 is 1.03 bits per heavy atom. The molecule has 0 bridgehead atoms. The van der Waals surface area contributed by atoms with E-state index in [9.17, 15) is 9.59 Å². The molecule has 4 rings (SSSR count). The van der Waals surface area contributed by atoms with Gasteiger partial charge in [-0.3, -0.25) is 9.59 Å². The van der Waals surface area contributed by atoms with Gasteiger partial charge >= 0.3 is 11.8 Å². The number of benzene rings is 2. The number of halogens is 1. The van der Waals surface area contributed by atoms with Crippen LogP contribution in [-0.2, 0) is 22.7 Å². The van der Waals surface area contributed by atoms with Crippen molar-refractivity contribution in [1.82, 2.24) is 14.5 Å². The lowest BCUT2D eigenvalue weighted by Gasteiger charge is -2.33. The second-order valence-electron chi connectivity index (χ2n) is 6.98. The quantitative estimate of drug-likeness (QED) is 0.595. The van der Waals surface area contributed by atoms with Crippen molar-refractivity contribution in [3.63, 3.8) is 0 Å². The van der Waals surface area contributed by atoms with E-state index in [1.54, 1.807) is 48.9 Å². The first kappa shape index (κ1) is 19.7. The first-order valence-electron chi connectivity index (χ1n) is 9.39. The molecule has 3 aromatic rings. The van der Waals surface area contributed by atoms with Gasteiger partial charge in [-0.1, -0.05) is 29.8 Å². The minimum Gasteiger partial charge on any atom is -0.329 e. The average molecular weight is 420 g/mol. The van der Waals surface area contributed by atoms with Crippen LogP contribution < -0.4 is 4.90 Å². The normalized spacial score (nSPS) is 14.1. The molecule has 2 amide bonds. The molecule has 8 heteroatoms. The summed E-state index contributed by atoms with van der Waals surface area (Å²) < 4.78 is 1.93. The predicted molar refractivity (Wildman–Crippen MR) is 112 cm³/mol. The molecule has 0 N–H and O–H groups in total. The number of anilines is 1. The summed E-state index contributed by atoms with van der Waals surface area (Å²) in [6, 6.07) is 16.3. The number of carbonyl (C=O) groups is 2. The smallest absolute Gasteiger partial charge is 0.316 e. The number of rotatable bonds is 5. The molecular weight excluding hydrogens is 402 g/mol. The van der Waals surface area contributed by atoms with Crippen LogP contribution in [0.2, 0.25) is 5.02 Å². The summed E-state index contributed by atoms with van der Waals surface area (Å²) in [5.74, 6) is -1.12. The minimum atomic E-state index is -0.568. The standard InChI is InChI=1S/C22H18ClN5O2/c23-18-2-1-3-19(10-18)28-9-8-26(21(29)22(28)30)14-20-12-25-15-27(20)13-17-6-4-16(11-24)5-7-17/h1-7,10,12,15H,8-9,13-14H2. The molecule has 1 aliphatic rings. The molecule has 1 aromatic heterocycles. The van der Waals surface area contributed by atoms with Crippen molar-refractivity contribution in [3.8, 4) is 6.07 Å². The number of hydrogen-bond donors (Lipinski definition) is 0. The molecule has 0 atom stereocenters. The Morgan fingerprint density at radius 3 is 2.57 bits per heavy atom. The number of piperazine rings is 1. The van der Waals surface area contributed by atoms with Crippen LogP contribution in [0.1, 0.15) is 16.8 Å². The summed E-state index contributed by atoms with van der Waals surface area (Å²) >= 11 is 6.01. The van der Waals surface area contributed by atoms with E-state index in [1.807, 2.05) is 16.7 Å². The molecule has 2 aromatic carbocycles. The van der Waals surface area contributed by atoms with Gasteiger partial charge in [0.1, 0.15) is 0 Å². The van der Waals surface area contributed by atoms with Gasteiger partial charge in [-0.25, -0.2) is 4.98 Å². The van der Waals surface area contributed by atoms with E-state index < -0.39 is 11.8 Å². The first-order chi connectivity index (χ1) is 14.5. The van der Waals surface area contributed by atoms with E-state index in [0.29, 0.717) is 42.5 Å². The largest absolute Gasteiger partial charge is 0.329 e. The SMILES string of the molecule is N#Cc1ccc(Cn2cncc2CN2CCN(c3cccc(Cl)c3)C(=O)C2=O)cc1. The summed E-state index contributed by atoms with van der Waals surface area (Å²) in [4.78, 5) is 32.5. The first-order valence-corrected chi connectivity index (χ1v) is 9.77. The summed E-state index contributed by atoms with van der Waals surface area (Å²) in [5.41, 5.74) is 3.07. The van der Waals surface area contributed by atoms with Crippen LogP contribution in [0.5, 0.6) is 0 Å². The van der Waals surface area contributed by atoms with Gasteiger partial charge in [0, 0.05) is 36.5 Å². The van der Waals surface area contributed by atoms with E-state index in [0.717, 1.165) is 11.3 Å². The zero-order valence-corrected chi connectivity index (χ0v) is 16.8. The second-order valence-corrected chi connectivity index (χ2v) is 7.42. The van der Waals surface area contributed by atoms with Crippen molar-refractivity contribution in [2.75, 3.05) is 18.0 Å². The Bertz CT molecular complexity index is 1130. The fraction of sp³-hybridized carbons (Fsp3) is 0.182. The van der Waals surface area contributed by atoms with E-state index in [2.05, 4.69) is 11.1 Å². The molecule has 0 aliphatic carbocycles. The molecule has 7 nitrogen and oxygen atoms in total. The van der Waals surface area contributed by atoms with Gasteiger partial charge in [-0.2, -0.15) is 5.26 Å². The summed E-state index contributed by atoms with van der Waals surface area (Å²) in [7, 11) is 0. The molecule has 0 spiro atoms. The number of nitrogens with zero attached hydrogens (tertiary/aromatic N) is 5. The van der Waals surface area contributed by atoms with Crippen molar-refractivity contribution >= 4 is 29.1 Å². The van der Waals surface area contributed by atoms with E-state index in [-0.39, 0.29) is 0 Å². The maximum absolute atomic E-state index is 12.7. The molecule has 30 heavy (non-hydrogen) atoms. The fourth-order valence-electron chi connectivity index (χ4n) is 3.41. The van der Waals surface area contributed by atoms with Crippen LogP contribution >= 0.6 is 11.6 Å². The van der Waals surface area contributed by atoms with Crippen LogP contribution in [0, 0.1) is 11.3 Å². The lowest BCUT2D eigenvalue weighted by Crippen LogP contribution is -2.54. The lowest BCUT2D eigenvalue weighted by molar-refractivity contribution is -0.146. The van der Waals surface area contributed by atoms with Crippen LogP contribution in [0.25, 0.3) is 0 Å². The van der Waals surface area contributed by atoms with Crippen molar-refractivity contribution in [1.29, 1.82) is 5.26 Å². The van der Waals surface area contributed by atoms with Gasteiger partial charge in [0.05, 0.1) is 30.2 Å². The van der Waals surface area contributed by atoms with Gasteiger partial charge in [0.25, 0.3) is 0 Å². The van der Waals surface area contributed by atoms with Crippen molar-refractivity contribution < 1.29 is 9.59 Å². The Kier molecular flexibility index (Phi) is 5.50. The van der Waals surface area contributed by atoms with E-state index >= 15 is 0 Å². The summed E-state index contributed by atoms with van der Waals surface area (Å²) in [6.07, 6.45) is 3.40. The van der Waals surface area contributed by atoms with Crippen LogP contribution in [0.3, 0.4) is 0 Å². The highest BCUT2D eigenvalue weighted by Gasteiger charge is 2.33. The van der Waals surface area contributed by atoms with Crippen molar-refractivity contribution in [3.05, 3.63) is 82.9 Å². The third kappa shape index (κ3) is 4.04. The Labute approximate surface area is 178 Å². The van der Waals surface area contributed by atoms with Crippen LogP contribution in [0.15, 0.2) is 61.1 Å². The van der Waals surface area contributed by atoms with Crippen LogP contribution in [0.4, 0.5) is 5.69 Å². The van der Waals surface area contributed by atoms with Gasteiger partial charge in [-0.05, 0) is 35.9 Å². The third-order valence-corrected chi connectivity index (χ3v) is 5.25. The maximum atomic E-state index is 12.7. The van der Waals surface area contributed by atoms with Crippen molar-refractivity contribution in [2.45, 2.75) is 13.1 Å². The number of aromatic nitrogens is 2. The third-order valence-electron chi connectivity index (χ3n) is 5.02. The molecule has 150 valence electrons. The number of imidazole rings is 1. The highest BCUT2D eigenvalue weighted by molar-refractivity contribution is 6.41. The second kappa shape index (κ2) is 8.39. The number of hydrogen-bond acceptors (Lipinski definition) is 4. The fourth-order valence-corrected chi connectivity index (χ4v) is 3.60. The molecule has 0 radical (unpaired) electrons. The van der Waals surface area contributed by atoms with Crippen molar-refractivity contribution in [2.24, 2.45) is 0 Å². The van der Waals surface area contributed by atoms with Gasteiger partial charge in [-0.15, -0.1) is 0 Å². The monoisotopic (exact) mass is 419 g/mol. The van der Waals surface area contributed by atoms with E-state index in [4.69, 9.17) is 16.9 Å². The predicted octanol–water partition coefficient (Wildman–Crippen LogP) is 2.83. The number of nitriles is 1. The molecular formula is C22H18ClN5O2. The Morgan fingerprint density at radius 2 is 1.83 bits per heavy atom. The zero-order valence-electron chi connectivity index (χ0n) is 16.0. The maximum Gasteiger partial charge on any atom is 0.316 e. The van der Waals surface area contributed by atoms with Gasteiger partial charge in [0.15, 0.2) is 0 Å². The highest BCUT2D eigenvalue weighted by atomic mass is 35.5. The number of amides is 2. The minimum absolute atomic E-state index is 0.296. The molecule has 1 aliphatic heterocycles. The summed E-state index contributed by atoms with van der Waals surface area (Å²) in [5, 5.41) is 9.44. The average Bonchev–Trinajstić information content (AvgIpc) is 3.18. The van der Waals surface area contributed by atoms with Gasteiger partial charge < -0.3 is 14.4 Å². The molecule has 0 saturated carbocycles. The highest BCUT2D eigenvalue weighted by Crippen LogP contribution is 2.22. The topological polar surface area (TPSA) is 82.2 Å². The zero-order chi connectivity index (χ0) is 21.1. The van der Waals surface area contributed by atoms with Gasteiger partial charge in [0.2, 0.25) is 0 Å². The van der Waals surface area contributed by atoms with E-state index in [1.165, 1.54) is 9.80 Å². The Hall–Kier alpha value is -3.63. The lowest BCUT2D eigenvalue weighted by atomic mass is 10.1. The summed E-state index contributed by atoms with van der Waals surface area (Å²) in [6.45, 7) is 1.67. The Balaban J connectivity index is 1.46. The molecule has 1 saturated heterocycles. The molecule has 0 unspecified atom stereocenters. The van der Waals surface area contributed by atoms with Crippen LogP contribution in [-0.4, -0.2) is 39.4 Å². The molecule has 2 heterocycles. The number of carbonyl (C=O) groups excluding carboxylic acids is 2. The molecule has 1 fully saturated rings.